The Morgan fingerprint density at radius 2 is 2.22 bits per heavy atom. The zero-order valence-electron chi connectivity index (χ0n) is 11.0. The molecule has 0 saturated carbocycles. The highest BCUT2D eigenvalue weighted by Gasteiger charge is 2.07. The molecule has 1 atom stereocenters. The van der Waals surface area contributed by atoms with Crippen molar-refractivity contribution in [2.45, 2.75) is 39.2 Å². The molecule has 0 spiro atoms. The topological polar surface area (TPSA) is 55.1 Å². The van der Waals surface area contributed by atoms with Gasteiger partial charge in [-0.05, 0) is 43.0 Å². The molecule has 3 N–H and O–H groups in total. The molecule has 0 radical (unpaired) electrons. The molecule has 0 fully saturated rings. The fourth-order valence-corrected chi connectivity index (χ4v) is 1.73. The van der Waals surface area contributed by atoms with Crippen LogP contribution in [0.2, 0.25) is 0 Å². The third kappa shape index (κ3) is 4.84. The van der Waals surface area contributed by atoms with Gasteiger partial charge in [0.05, 0.1) is 0 Å². The summed E-state index contributed by atoms with van der Waals surface area (Å²) in [5, 5.41) is 2.83. The lowest BCUT2D eigenvalue weighted by atomic mass is 10.1. The van der Waals surface area contributed by atoms with Gasteiger partial charge >= 0.3 is 0 Å². The van der Waals surface area contributed by atoms with E-state index in [1.165, 1.54) is 12.1 Å². The van der Waals surface area contributed by atoms with Gasteiger partial charge in [0.2, 0.25) is 5.91 Å². The summed E-state index contributed by atoms with van der Waals surface area (Å²) >= 11 is 0. The Kier molecular flexibility index (Phi) is 5.78. The largest absolute Gasteiger partial charge is 0.356 e. The van der Waals surface area contributed by atoms with E-state index < -0.39 is 0 Å². The van der Waals surface area contributed by atoms with Crippen molar-refractivity contribution in [3.05, 3.63) is 35.1 Å². The second-order valence-electron chi connectivity index (χ2n) is 4.54. The number of benzene rings is 1. The highest BCUT2D eigenvalue weighted by molar-refractivity contribution is 5.76. The van der Waals surface area contributed by atoms with Gasteiger partial charge in [-0.15, -0.1) is 0 Å². The summed E-state index contributed by atoms with van der Waals surface area (Å²) in [5.41, 5.74) is 7.66. The molecule has 0 saturated heterocycles. The van der Waals surface area contributed by atoms with Crippen LogP contribution in [0.5, 0.6) is 0 Å². The van der Waals surface area contributed by atoms with Gasteiger partial charge in [0.1, 0.15) is 5.82 Å². The molecule has 0 aliphatic carbocycles. The molecular formula is C14H21FN2O. The molecule has 4 heteroatoms. The van der Waals surface area contributed by atoms with Gasteiger partial charge < -0.3 is 11.1 Å². The quantitative estimate of drug-likeness (QED) is 0.812. The Labute approximate surface area is 108 Å². The van der Waals surface area contributed by atoms with Crippen LogP contribution in [-0.4, -0.2) is 18.5 Å². The summed E-state index contributed by atoms with van der Waals surface area (Å²) in [6, 6.07) is 4.63. The fourth-order valence-electron chi connectivity index (χ4n) is 1.73. The molecule has 1 rings (SSSR count). The summed E-state index contributed by atoms with van der Waals surface area (Å²) in [6.07, 6.45) is 1.86. The SMILES string of the molecule is CCC(N)CC(=O)NCCc1ccc(F)cc1C. The molecule has 18 heavy (non-hydrogen) atoms. The van der Waals surface area contributed by atoms with Gasteiger partial charge in [-0.1, -0.05) is 13.0 Å². The van der Waals surface area contributed by atoms with E-state index in [0.29, 0.717) is 19.4 Å². The van der Waals surface area contributed by atoms with Gasteiger partial charge in [0, 0.05) is 19.0 Å². The van der Waals surface area contributed by atoms with Crippen LogP contribution in [0.1, 0.15) is 30.9 Å². The summed E-state index contributed by atoms with van der Waals surface area (Å²) in [4.78, 5) is 11.5. The van der Waals surface area contributed by atoms with Crippen molar-refractivity contribution in [2.75, 3.05) is 6.54 Å². The van der Waals surface area contributed by atoms with Gasteiger partial charge in [0.15, 0.2) is 0 Å². The first-order valence-corrected chi connectivity index (χ1v) is 6.30. The van der Waals surface area contributed by atoms with E-state index in [2.05, 4.69) is 5.32 Å². The molecule has 0 heterocycles. The number of halogens is 1. The maximum absolute atomic E-state index is 12.9. The Morgan fingerprint density at radius 3 is 2.83 bits per heavy atom. The first-order chi connectivity index (χ1) is 8.52. The third-order valence-electron chi connectivity index (χ3n) is 2.99. The van der Waals surface area contributed by atoms with Crippen molar-refractivity contribution in [3.8, 4) is 0 Å². The first kappa shape index (κ1) is 14.6. The monoisotopic (exact) mass is 252 g/mol. The zero-order valence-corrected chi connectivity index (χ0v) is 11.0. The lowest BCUT2D eigenvalue weighted by Crippen LogP contribution is -2.32. The van der Waals surface area contributed by atoms with Crippen molar-refractivity contribution in [3.63, 3.8) is 0 Å². The summed E-state index contributed by atoms with van der Waals surface area (Å²) in [6.45, 7) is 4.38. The third-order valence-corrected chi connectivity index (χ3v) is 2.99. The van der Waals surface area contributed by atoms with E-state index in [-0.39, 0.29) is 17.8 Å². The molecular weight excluding hydrogens is 231 g/mol. The Hall–Kier alpha value is -1.42. The Morgan fingerprint density at radius 1 is 1.50 bits per heavy atom. The van der Waals surface area contributed by atoms with E-state index in [0.717, 1.165) is 17.5 Å². The van der Waals surface area contributed by atoms with Gasteiger partial charge in [-0.25, -0.2) is 4.39 Å². The highest BCUT2D eigenvalue weighted by atomic mass is 19.1. The summed E-state index contributed by atoms with van der Waals surface area (Å²) < 4.78 is 12.9. The van der Waals surface area contributed by atoms with Crippen molar-refractivity contribution in [1.82, 2.24) is 5.32 Å². The van der Waals surface area contributed by atoms with Crippen LogP contribution in [0.25, 0.3) is 0 Å². The van der Waals surface area contributed by atoms with E-state index in [1.54, 1.807) is 6.07 Å². The predicted molar refractivity (Wildman–Crippen MR) is 70.7 cm³/mol. The lowest BCUT2D eigenvalue weighted by Gasteiger charge is -2.10. The molecule has 1 amide bonds. The zero-order chi connectivity index (χ0) is 13.5. The molecule has 0 aliphatic rings. The normalized spacial score (nSPS) is 12.2. The second-order valence-corrected chi connectivity index (χ2v) is 4.54. The molecule has 1 unspecified atom stereocenters. The van der Waals surface area contributed by atoms with Crippen LogP contribution in [0.3, 0.4) is 0 Å². The molecule has 0 bridgehead atoms. The van der Waals surface area contributed by atoms with E-state index in [4.69, 9.17) is 5.73 Å². The maximum Gasteiger partial charge on any atom is 0.221 e. The smallest absolute Gasteiger partial charge is 0.221 e. The average molecular weight is 252 g/mol. The summed E-state index contributed by atoms with van der Waals surface area (Å²) in [7, 11) is 0. The Bertz CT molecular complexity index is 407. The van der Waals surface area contributed by atoms with Crippen LogP contribution in [0.4, 0.5) is 4.39 Å². The average Bonchev–Trinajstić information content (AvgIpc) is 2.31. The minimum absolute atomic E-state index is 0.0240. The van der Waals surface area contributed by atoms with Crippen molar-refractivity contribution < 1.29 is 9.18 Å². The molecule has 1 aromatic carbocycles. The Balaban J connectivity index is 2.35. The first-order valence-electron chi connectivity index (χ1n) is 6.30. The minimum Gasteiger partial charge on any atom is -0.356 e. The number of amides is 1. The number of aryl methyl sites for hydroxylation is 1. The van der Waals surface area contributed by atoms with Gasteiger partial charge in [-0.3, -0.25) is 4.79 Å². The van der Waals surface area contributed by atoms with E-state index in [1.807, 2.05) is 13.8 Å². The number of hydrogen-bond donors (Lipinski definition) is 2. The van der Waals surface area contributed by atoms with Crippen molar-refractivity contribution in [2.24, 2.45) is 5.73 Å². The molecule has 3 nitrogen and oxygen atoms in total. The molecule has 0 aliphatic heterocycles. The maximum atomic E-state index is 12.9. The van der Waals surface area contributed by atoms with Crippen LogP contribution in [0.15, 0.2) is 18.2 Å². The fraction of sp³-hybridized carbons (Fsp3) is 0.500. The number of carbonyl (C=O) groups is 1. The van der Waals surface area contributed by atoms with Gasteiger partial charge in [0.25, 0.3) is 0 Å². The molecule has 1 aromatic rings. The second kappa shape index (κ2) is 7.11. The number of carbonyl (C=O) groups excluding carboxylic acids is 1. The van der Waals surface area contributed by atoms with E-state index in [9.17, 15) is 9.18 Å². The van der Waals surface area contributed by atoms with Crippen molar-refractivity contribution >= 4 is 5.91 Å². The molecule has 0 aromatic heterocycles. The number of hydrogen-bond acceptors (Lipinski definition) is 2. The molecule has 100 valence electrons. The number of nitrogens with one attached hydrogen (secondary N) is 1. The van der Waals surface area contributed by atoms with E-state index >= 15 is 0 Å². The van der Waals surface area contributed by atoms with Crippen LogP contribution < -0.4 is 11.1 Å². The predicted octanol–water partition coefficient (Wildman–Crippen LogP) is 1.92. The van der Waals surface area contributed by atoms with Crippen molar-refractivity contribution in [1.29, 1.82) is 0 Å². The minimum atomic E-state index is -0.228. The number of rotatable bonds is 6. The summed E-state index contributed by atoms with van der Waals surface area (Å²) in [5.74, 6) is -0.252. The number of nitrogens with two attached hydrogens (primary N) is 1. The van der Waals surface area contributed by atoms with Crippen LogP contribution in [0, 0.1) is 12.7 Å². The highest BCUT2D eigenvalue weighted by Crippen LogP contribution is 2.10. The van der Waals surface area contributed by atoms with Crippen LogP contribution in [-0.2, 0) is 11.2 Å². The lowest BCUT2D eigenvalue weighted by molar-refractivity contribution is -0.121. The van der Waals surface area contributed by atoms with Gasteiger partial charge in [-0.2, -0.15) is 0 Å². The standard InChI is InChI=1S/C14H21FN2O/c1-3-13(16)9-14(18)17-7-6-11-4-5-12(15)8-10(11)2/h4-5,8,13H,3,6-7,9,16H2,1-2H3,(H,17,18). The van der Waals surface area contributed by atoms with Crippen LogP contribution >= 0.6 is 0 Å².